The molecule has 1 unspecified atom stereocenters. The Labute approximate surface area is 136 Å². The van der Waals surface area contributed by atoms with Crippen molar-refractivity contribution in [3.63, 3.8) is 0 Å². The highest BCUT2D eigenvalue weighted by Crippen LogP contribution is 2.04. The summed E-state index contributed by atoms with van der Waals surface area (Å²) in [7, 11) is 0. The maximum Gasteiger partial charge on any atom is 0.251 e. The number of nitrogens with one attached hydrogen (secondary N) is 3. The van der Waals surface area contributed by atoms with E-state index in [0.29, 0.717) is 38.4 Å². The molecule has 2 rings (SSSR count). The number of ether oxygens (including phenoxy) is 1. The van der Waals surface area contributed by atoms with Gasteiger partial charge in [0.2, 0.25) is 5.91 Å². The molecule has 1 aromatic rings. The number of carbonyl (C=O) groups excluding carboxylic acids is 2. The standard InChI is InChI=1S/C15H21N3O3.ClH/c1-2-16-14(19)12-5-3-11(4-6-12)9-18-15(20)13-10-21-8-7-17-13;/h3-6,13,17H,2,7-10H2,1H3,(H,16,19)(H,18,20);1H. The Morgan fingerprint density at radius 2 is 2.00 bits per heavy atom. The van der Waals surface area contributed by atoms with E-state index in [-0.39, 0.29) is 30.3 Å². The minimum atomic E-state index is -0.284. The van der Waals surface area contributed by atoms with Gasteiger partial charge in [0.05, 0.1) is 13.2 Å². The molecule has 1 aliphatic rings. The zero-order valence-electron chi connectivity index (χ0n) is 12.6. The molecule has 0 spiro atoms. The summed E-state index contributed by atoms with van der Waals surface area (Å²) in [5, 5.41) is 8.71. The molecule has 0 aliphatic carbocycles. The number of rotatable bonds is 5. The van der Waals surface area contributed by atoms with Crippen LogP contribution in [0.4, 0.5) is 0 Å². The van der Waals surface area contributed by atoms with Crippen LogP contribution in [0.25, 0.3) is 0 Å². The van der Waals surface area contributed by atoms with Gasteiger partial charge in [-0.2, -0.15) is 0 Å². The lowest BCUT2D eigenvalue weighted by Crippen LogP contribution is -2.51. The zero-order chi connectivity index (χ0) is 15.1. The Kier molecular flexibility index (Phi) is 7.87. The fourth-order valence-corrected chi connectivity index (χ4v) is 2.08. The molecule has 0 saturated carbocycles. The molecule has 0 radical (unpaired) electrons. The summed E-state index contributed by atoms with van der Waals surface area (Å²) in [6.45, 7) is 4.66. The minimum absolute atomic E-state index is 0. The fourth-order valence-electron chi connectivity index (χ4n) is 2.08. The Morgan fingerprint density at radius 1 is 1.27 bits per heavy atom. The Morgan fingerprint density at radius 3 is 2.59 bits per heavy atom. The average molecular weight is 328 g/mol. The Hall–Kier alpha value is -1.63. The van der Waals surface area contributed by atoms with Gasteiger partial charge in [-0.3, -0.25) is 9.59 Å². The third-order valence-corrected chi connectivity index (χ3v) is 3.26. The number of hydrogen-bond donors (Lipinski definition) is 3. The second kappa shape index (κ2) is 9.40. The maximum atomic E-state index is 11.9. The second-order valence-electron chi connectivity index (χ2n) is 4.86. The van der Waals surface area contributed by atoms with Crippen molar-refractivity contribution in [2.45, 2.75) is 19.5 Å². The third-order valence-electron chi connectivity index (χ3n) is 3.26. The molecule has 7 heteroatoms. The first kappa shape index (κ1) is 18.4. The summed E-state index contributed by atoms with van der Waals surface area (Å²) in [5.74, 6) is -0.154. The quantitative estimate of drug-likeness (QED) is 0.734. The van der Waals surface area contributed by atoms with Gasteiger partial charge in [-0.15, -0.1) is 12.4 Å². The van der Waals surface area contributed by atoms with Crippen LogP contribution >= 0.6 is 12.4 Å². The summed E-state index contributed by atoms with van der Waals surface area (Å²) in [5.41, 5.74) is 1.57. The molecule has 1 saturated heterocycles. The van der Waals surface area contributed by atoms with Gasteiger partial charge >= 0.3 is 0 Å². The lowest BCUT2D eigenvalue weighted by atomic mass is 10.1. The summed E-state index contributed by atoms with van der Waals surface area (Å²) in [6, 6.07) is 6.92. The van der Waals surface area contributed by atoms with Gasteiger partial charge in [-0.05, 0) is 24.6 Å². The molecule has 1 aliphatic heterocycles. The molecule has 1 aromatic carbocycles. The molecule has 6 nitrogen and oxygen atoms in total. The van der Waals surface area contributed by atoms with E-state index in [2.05, 4.69) is 16.0 Å². The molecule has 1 atom stereocenters. The van der Waals surface area contributed by atoms with Crippen LogP contribution in [0.3, 0.4) is 0 Å². The molecule has 3 N–H and O–H groups in total. The highest BCUT2D eigenvalue weighted by Gasteiger charge is 2.20. The van der Waals surface area contributed by atoms with Crippen molar-refractivity contribution >= 4 is 24.2 Å². The maximum absolute atomic E-state index is 11.9. The van der Waals surface area contributed by atoms with Crippen LogP contribution in [-0.2, 0) is 16.1 Å². The summed E-state index contributed by atoms with van der Waals surface area (Å²) in [6.07, 6.45) is 0. The van der Waals surface area contributed by atoms with Crippen molar-refractivity contribution in [2.24, 2.45) is 0 Å². The predicted molar refractivity (Wildman–Crippen MR) is 86.2 cm³/mol. The molecule has 122 valence electrons. The van der Waals surface area contributed by atoms with Crippen LogP contribution in [0.2, 0.25) is 0 Å². The largest absolute Gasteiger partial charge is 0.378 e. The van der Waals surface area contributed by atoms with Gasteiger partial charge in [0.1, 0.15) is 6.04 Å². The molecular formula is C15H22ClN3O3. The molecule has 2 amide bonds. The molecule has 22 heavy (non-hydrogen) atoms. The van der Waals surface area contributed by atoms with Crippen molar-refractivity contribution in [3.05, 3.63) is 35.4 Å². The third kappa shape index (κ3) is 5.29. The van der Waals surface area contributed by atoms with Gasteiger partial charge in [0.25, 0.3) is 5.91 Å². The van der Waals surface area contributed by atoms with Crippen molar-refractivity contribution in [1.29, 1.82) is 0 Å². The van der Waals surface area contributed by atoms with Gasteiger partial charge in [0.15, 0.2) is 0 Å². The lowest BCUT2D eigenvalue weighted by Gasteiger charge is -2.22. The SMILES string of the molecule is CCNC(=O)c1ccc(CNC(=O)C2COCCN2)cc1.Cl. The van der Waals surface area contributed by atoms with Crippen molar-refractivity contribution in [3.8, 4) is 0 Å². The number of benzene rings is 1. The van der Waals surface area contributed by atoms with E-state index in [0.717, 1.165) is 5.56 Å². The summed E-state index contributed by atoms with van der Waals surface area (Å²) in [4.78, 5) is 23.5. The first-order chi connectivity index (χ1) is 10.2. The monoisotopic (exact) mass is 327 g/mol. The lowest BCUT2D eigenvalue weighted by molar-refractivity contribution is -0.126. The average Bonchev–Trinajstić information content (AvgIpc) is 2.54. The number of morpholine rings is 1. The predicted octanol–water partition coefficient (Wildman–Crippen LogP) is 0.463. The van der Waals surface area contributed by atoms with Gasteiger partial charge in [0, 0.05) is 25.2 Å². The first-order valence-corrected chi connectivity index (χ1v) is 7.16. The van der Waals surface area contributed by atoms with E-state index in [1.165, 1.54) is 0 Å². The van der Waals surface area contributed by atoms with Gasteiger partial charge < -0.3 is 20.7 Å². The molecule has 0 aromatic heterocycles. The molecule has 1 heterocycles. The zero-order valence-corrected chi connectivity index (χ0v) is 13.4. The van der Waals surface area contributed by atoms with Gasteiger partial charge in [-0.25, -0.2) is 0 Å². The Bertz CT molecular complexity index is 487. The fraction of sp³-hybridized carbons (Fsp3) is 0.467. The first-order valence-electron chi connectivity index (χ1n) is 7.16. The van der Waals surface area contributed by atoms with Crippen LogP contribution in [0.15, 0.2) is 24.3 Å². The summed E-state index contributed by atoms with van der Waals surface area (Å²) >= 11 is 0. The van der Waals surface area contributed by atoms with Crippen LogP contribution in [0.1, 0.15) is 22.8 Å². The second-order valence-corrected chi connectivity index (χ2v) is 4.86. The van der Waals surface area contributed by atoms with Crippen LogP contribution in [-0.4, -0.2) is 44.2 Å². The van der Waals surface area contributed by atoms with Crippen LogP contribution in [0, 0.1) is 0 Å². The van der Waals surface area contributed by atoms with Crippen molar-refractivity contribution in [2.75, 3.05) is 26.3 Å². The van der Waals surface area contributed by atoms with Crippen LogP contribution < -0.4 is 16.0 Å². The highest BCUT2D eigenvalue weighted by molar-refractivity contribution is 5.94. The van der Waals surface area contributed by atoms with E-state index in [9.17, 15) is 9.59 Å². The summed E-state index contributed by atoms with van der Waals surface area (Å²) < 4.78 is 5.25. The van der Waals surface area contributed by atoms with Crippen LogP contribution in [0.5, 0.6) is 0 Å². The normalized spacial score (nSPS) is 17.2. The minimum Gasteiger partial charge on any atom is -0.378 e. The smallest absolute Gasteiger partial charge is 0.251 e. The van der Waals surface area contributed by atoms with E-state index < -0.39 is 0 Å². The van der Waals surface area contributed by atoms with E-state index in [4.69, 9.17) is 4.74 Å². The number of amides is 2. The van der Waals surface area contributed by atoms with Gasteiger partial charge in [-0.1, -0.05) is 12.1 Å². The number of hydrogen-bond acceptors (Lipinski definition) is 4. The number of halogens is 1. The number of carbonyl (C=O) groups is 2. The van der Waals surface area contributed by atoms with Crippen molar-refractivity contribution < 1.29 is 14.3 Å². The molecular weight excluding hydrogens is 306 g/mol. The van der Waals surface area contributed by atoms with Crippen molar-refractivity contribution in [1.82, 2.24) is 16.0 Å². The topological polar surface area (TPSA) is 79.5 Å². The van der Waals surface area contributed by atoms with E-state index in [1.54, 1.807) is 12.1 Å². The molecule has 1 fully saturated rings. The van der Waals surface area contributed by atoms with E-state index in [1.807, 2.05) is 19.1 Å². The molecule has 0 bridgehead atoms. The highest BCUT2D eigenvalue weighted by atomic mass is 35.5. The van der Waals surface area contributed by atoms with E-state index >= 15 is 0 Å². The Balaban J connectivity index is 0.00000242.